The minimum atomic E-state index is -1.13. The highest BCUT2D eigenvalue weighted by Gasteiger charge is 2.26. The summed E-state index contributed by atoms with van der Waals surface area (Å²) in [6.45, 7) is 5.52. The molecule has 2 rings (SSSR count). The molecule has 2 aromatic rings. The van der Waals surface area contributed by atoms with Crippen molar-refractivity contribution >= 4 is 35.3 Å². The van der Waals surface area contributed by atoms with E-state index < -0.39 is 23.9 Å². The second-order valence-electron chi connectivity index (χ2n) is 7.25. The van der Waals surface area contributed by atoms with Gasteiger partial charge in [-0.25, -0.2) is 14.5 Å². The van der Waals surface area contributed by atoms with Crippen molar-refractivity contribution in [3.8, 4) is 5.75 Å². The van der Waals surface area contributed by atoms with Crippen molar-refractivity contribution in [2.45, 2.75) is 27.3 Å². The first-order valence-corrected chi connectivity index (χ1v) is 10.7. The van der Waals surface area contributed by atoms with Crippen LogP contribution in [0, 0.1) is 12.8 Å². The molecule has 0 saturated carbocycles. The fraction of sp³-hybridized carbons (Fsp3) is 0.318. The predicted molar refractivity (Wildman–Crippen MR) is 125 cm³/mol. The smallest absolute Gasteiger partial charge is 0.341 e. The van der Waals surface area contributed by atoms with Gasteiger partial charge in [0.15, 0.2) is 0 Å². The van der Waals surface area contributed by atoms with Gasteiger partial charge in [-0.15, -0.1) is 5.53 Å². The molecule has 178 valence electrons. The van der Waals surface area contributed by atoms with E-state index in [1.54, 1.807) is 18.2 Å². The maximum absolute atomic E-state index is 12.6. The molecule has 11 heteroatoms. The molecule has 10 nitrogen and oxygen atoms in total. The van der Waals surface area contributed by atoms with Crippen molar-refractivity contribution in [2.75, 3.05) is 18.6 Å². The highest BCUT2D eigenvalue weighted by atomic mass is 35.5. The number of aryl methyl sites for hydroxylation is 1. The Hall–Kier alpha value is -3.50. The molecule has 0 bridgehead atoms. The van der Waals surface area contributed by atoms with Gasteiger partial charge in [0.25, 0.3) is 0 Å². The Balaban J connectivity index is 1.97. The Morgan fingerprint density at radius 1 is 1.12 bits per heavy atom. The number of nitrogens with one attached hydrogen (secondary N) is 4. The van der Waals surface area contributed by atoms with Crippen LogP contribution >= 0.6 is 11.6 Å². The van der Waals surface area contributed by atoms with E-state index in [2.05, 4.69) is 21.7 Å². The van der Waals surface area contributed by atoms with Gasteiger partial charge in [-0.05, 0) is 37.6 Å². The molecule has 0 aromatic heterocycles. The highest BCUT2D eigenvalue weighted by Crippen LogP contribution is 2.27. The number of hydrogen-bond acceptors (Lipinski definition) is 6. The van der Waals surface area contributed by atoms with Crippen molar-refractivity contribution < 1.29 is 24.2 Å². The lowest BCUT2D eigenvalue weighted by Crippen LogP contribution is -2.54. The Labute approximate surface area is 197 Å². The monoisotopic (exact) mass is 477 g/mol. The number of carboxylic acids is 1. The minimum Gasteiger partial charge on any atom is -0.492 e. The molecule has 0 saturated heterocycles. The summed E-state index contributed by atoms with van der Waals surface area (Å²) in [4.78, 5) is 37.3. The van der Waals surface area contributed by atoms with E-state index in [1.165, 1.54) is 6.92 Å². The summed E-state index contributed by atoms with van der Waals surface area (Å²) in [6, 6.07) is 10.9. The number of hydrogen-bond donors (Lipinski definition) is 5. The van der Waals surface area contributed by atoms with Crippen molar-refractivity contribution in [1.82, 2.24) is 21.2 Å². The number of halogens is 1. The van der Waals surface area contributed by atoms with E-state index in [4.69, 9.17) is 16.3 Å². The number of benzene rings is 2. The zero-order valence-electron chi connectivity index (χ0n) is 18.6. The van der Waals surface area contributed by atoms with Gasteiger partial charge < -0.3 is 20.6 Å². The molecule has 2 aromatic carbocycles. The lowest BCUT2D eigenvalue weighted by molar-refractivity contribution is -0.141. The number of imide groups is 1. The van der Waals surface area contributed by atoms with Crippen LogP contribution in [0.3, 0.4) is 0 Å². The van der Waals surface area contributed by atoms with Crippen molar-refractivity contribution in [1.29, 1.82) is 0 Å². The average Bonchev–Trinajstić information content (AvgIpc) is 2.78. The summed E-state index contributed by atoms with van der Waals surface area (Å²) < 4.78 is 5.36. The van der Waals surface area contributed by atoms with Crippen LogP contribution in [-0.2, 0) is 11.3 Å². The molecule has 0 unspecified atom stereocenters. The maximum atomic E-state index is 12.6. The first kappa shape index (κ1) is 25.8. The van der Waals surface area contributed by atoms with Crippen LogP contribution in [0.2, 0.25) is 5.02 Å². The second kappa shape index (κ2) is 12.5. The van der Waals surface area contributed by atoms with Gasteiger partial charge in [0.05, 0.1) is 23.2 Å². The number of carboxylic acid groups (broad SMARTS) is 1. The summed E-state index contributed by atoms with van der Waals surface area (Å²) >= 11 is 6.13. The van der Waals surface area contributed by atoms with Crippen molar-refractivity contribution in [3.05, 3.63) is 58.6 Å². The van der Waals surface area contributed by atoms with Gasteiger partial charge in [0.2, 0.25) is 0 Å². The molecule has 4 amide bonds. The predicted octanol–water partition coefficient (Wildman–Crippen LogP) is 3.52. The number of anilines is 1. The highest BCUT2D eigenvalue weighted by molar-refractivity contribution is 6.32. The summed E-state index contributed by atoms with van der Waals surface area (Å²) in [6.07, 6.45) is 0. The number of rotatable bonds is 10. The van der Waals surface area contributed by atoms with Crippen LogP contribution in [0.1, 0.15) is 25.0 Å². The number of carbonyl (C=O) groups excluding carboxylic acids is 2. The quantitative estimate of drug-likeness (QED) is 0.331. The summed E-state index contributed by atoms with van der Waals surface area (Å²) in [5.41, 5.74) is 9.97. The fourth-order valence-electron chi connectivity index (χ4n) is 2.66. The molecule has 0 aliphatic carbocycles. The first-order valence-electron chi connectivity index (χ1n) is 10.3. The van der Waals surface area contributed by atoms with E-state index in [0.29, 0.717) is 23.1 Å². The molecule has 0 fully saturated rings. The number of hydrazine groups is 2. The van der Waals surface area contributed by atoms with Gasteiger partial charge in [-0.3, -0.25) is 10.2 Å². The maximum Gasteiger partial charge on any atom is 0.341 e. The molecule has 0 heterocycles. The van der Waals surface area contributed by atoms with Crippen LogP contribution < -0.4 is 26.4 Å². The van der Waals surface area contributed by atoms with Gasteiger partial charge in [-0.2, -0.15) is 0 Å². The van der Waals surface area contributed by atoms with Gasteiger partial charge in [0.1, 0.15) is 5.75 Å². The number of urea groups is 2. The standard InChI is InChI=1S/C22H28ClN5O5/c1-4-33-19-10-9-17(11-18(19)23)25-27-26-22(32)28(13-15(3)20(29)30)21(31)24-12-16-7-5-14(2)6-8-16/h5-11,15,25,27H,4,12-13H2,1-3H3,(H,24,31)(H,26,32)(H,29,30)/t15-/m0/s1. The molecule has 0 aliphatic rings. The fourth-order valence-corrected chi connectivity index (χ4v) is 2.90. The average molecular weight is 478 g/mol. The molecule has 33 heavy (non-hydrogen) atoms. The van der Waals surface area contributed by atoms with Crippen molar-refractivity contribution in [2.24, 2.45) is 5.92 Å². The van der Waals surface area contributed by atoms with Gasteiger partial charge in [0, 0.05) is 13.1 Å². The van der Waals surface area contributed by atoms with E-state index >= 15 is 0 Å². The van der Waals surface area contributed by atoms with Crippen LogP contribution in [-0.4, -0.2) is 41.2 Å². The van der Waals surface area contributed by atoms with E-state index in [1.807, 2.05) is 38.1 Å². The summed E-state index contributed by atoms with van der Waals surface area (Å²) in [5, 5.41) is 12.2. The van der Waals surface area contributed by atoms with Crippen LogP contribution in [0.5, 0.6) is 5.75 Å². The number of amides is 4. The van der Waals surface area contributed by atoms with Crippen molar-refractivity contribution in [3.63, 3.8) is 0 Å². The van der Waals surface area contributed by atoms with Gasteiger partial charge in [-0.1, -0.05) is 48.4 Å². The molecule has 0 spiro atoms. The second-order valence-corrected chi connectivity index (χ2v) is 7.66. The number of carbonyl (C=O) groups is 3. The molecule has 1 atom stereocenters. The zero-order chi connectivity index (χ0) is 24.4. The lowest BCUT2D eigenvalue weighted by Gasteiger charge is -2.24. The third-order valence-electron chi connectivity index (χ3n) is 4.54. The van der Waals surface area contributed by atoms with Crippen LogP contribution in [0.4, 0.5) is 15.3 Å². The zero-order valence-corrected chi connectivity index (χ0v) is 19.4. The lowest BCUT2D eigenvalue weighted by atomic mass is 10.1. The number of aliphatic carboxylic acids is 1. The number of nitrogens with zero attached hydrogens (tertiary/aromatic N) is 1. The SMILES string of the molecule is CCOc1ccc(NNNC(=O)N(C[C@H](C)C(=O)O)C(=O)NCc2ccc(C)cc2)cc1Cl. The minimum absolute atomic E-state index is 0.181. The molecular weight excluding hydrogens is 450 g/mol. The third kappa shape index (κ3) is 8.17. The Bertz CT molecular complexity index is 970. The van der Waals surface area contributed by atoms with Crippen LogP contribution in [0.25, 0.3) is 0 Å². The molecular formula is C22H28ClN5O5. The van der Waals surface area contributed by atoms with E-state index in [-0.39, 0.29) is 13.1 Å². The molecule has 5 N–H and O–H groups in total. The summed E-state index contributed by atoms with van der Waals surface area (Å²) in [5.74, 6) is -1.57. The van der Waals surface area contributed by atoms with Gasteiger partial charge >= 0.3 is 18.0 Å². The Kier molecular flexibility index (Phi) is 9.77. The number of ether oxygens (including phenoxy) is 1. The third-order valence-corrected chi connectivity index (χ3v) is 4.84. The van der Waals surface area contributed by atoms with E-state index in [9.17, 15) is 19.5 Å². The van der Waals surface area contributed by atoms with Crippen LogP contribution in [0.15, 0.2) is 42.5 Å². The topological polar surface area (TPSA) is 132 Å². The largest absolute Gasteiger partial charge is 0.492 e. The normalized spacial score (nSPS) is 11.3. The Morgan fingerprint density at radius 3 is 2.42 bits per heavy atom. The van der Waals surface area contributed by atoms with E-state index in [0.717, 1.165) is 16.0 Å². The first-order chi connectivity index (χ1) is 15.7. The Morgan fingerprint density at radius 2 is 1.82 bits per heavy atom. The molecule has 0 radical (unpaired) electrons. The molecule has 0 aliphatic heterocycles. The summed E-state index contributed by atoms with van der Waals surface area (Å²) in [7, 11) is 0.